The lowest BCUT2D eigenvalue weighted by Gasteiger charge is -2.09. The highest BCUT2D eigenvalue weighted by Gasteiger charge is 2.11. The monoisotopic (exact) mass is 270 g/mol. The van der Waals surface area contributed by atoms with Crippen molar-refractivity contribution in [1.29, 1.82) is 0 Å². The summed E-state index contributed by atoms with van der Waals surface area (Å²) in [5, 5.41) is 0. The quantitative estimate of drug-likeness (QED) is 0.810. The Balaban J connectivity index is 3.09. The zero-order chi connectivity index (χ0) is 13.6. The summed E-state index contributed by atoms with van der Waals surface area (Å²) in [6.45, 7) is 1.89. The molecule has 1 aromatic rings. The molecule has 4 nitrogen and oxygen atoms in total. The van der Waals surface area contributed by atoms with Gasteiger partial charge in [0.05, 0.1) is 23.5 Å². The predicted octanol–water partition coefficient (Wildman–Crippen LogP) is 1.29. The number of halogens is 1. The highest BCUT2D eigenvalue weighted by Crippen LogP contribution is 2.17. The number of benzene rings is 1. The van der Waals surface area contributed by atoms with E-state index in [1.54, 1.807) is 6.92 Å². The van der Waals surface area contributed by atoms with Crippen molar-refractivity contribution >= 4 is 15.7 Å². The molecule has 1 rings (SSSR count). The van der Waals surface area contributed by atoms with E-state index in [1.807, 2.05) is 0 Å². The van der Waals surface area contributed by atoms with E-state index in [2.05, 4.69) is 16.6 Å². The van der Waals surface area contributed by atoms with Crippen LogP contribution in [0.2, 0.25) is 0 Å². The van der Waals surface area contributed by atoms with Gasteiger partial charge in [-0.3, -0.25) is 4.72 Å². The molecule has 0 radical (unpaired) electrons. The second-order valence-electron chi connectivity index (χ2n) is 3.62. The first-order chi connectivity index (χ1) is 8.48. The molecule has 0 unspecified atom stereocenters. The van der Waals surface area contributed by atoms with Crippen molar-refractivity contribution in [1.82, 2.24) is 0 Å². The fourth-order valence-corrected chi connectivity index (χ4v) is 2.50. The van der Waals surface area contributed by atoms with E-state index >= 15 is 0 Å². The van der Waals surface area contributed by atoms with Crippen LogP contribution in [-0.2, 0) is 10.0 Å². The summed E-state index contributed by atoms with van der Waals surface area (Å²) in [6, 6.07) is 3.70. The average molecular weight is 270 g/mol. The van der Waals surface area contributed by atoms with E-state index in [4.69, 9.17) is 5.73 Å². The molecule has 0 heterocycles. The number of rotatable bonds is 4. The Morgan fingerprint density at radius 3 is 2.78 bits per heavy atom. The Labute approximate surface area is 106 Å². The van der Waals surface area contributed by atoms with Gasteiger partial charge in [-0.05, 0) is 24.6 Å². The fraction of sp³-hybridized carbons (Fsp3) is 0.333. The standard InChI is InChI=1S/C12H15FN2O2S/c1-2-8-18(16,17)15-12-6-5-11(13)9-10(12)4-3-7-14/h5-6,9,15H,2,7-8,14H2,1H3. The molecule has 0 spiro atoms. The lowest BCUT2D eigenvalue weighted by molar-refractivity contribution is 0.599. The topological polar surface area (TPSA) is 72.2 Å². The highest BCUT2D eigenvalue weighted by atomic mass is 32.2. The van der Waals surface area contributed by atoms with Gasteiger partial charge in [0.15, 0.2) is 0 Å². The van der Waals surface area contributed by atoms with E-state index in [-0.39, 0.29) is 23.5 Å². The number of anilines is 1. The predicted molar refractivity (Wildman–Crippen MR) is 70.0 cm³/mol. The third-order valence-corrected chi connectivity index (χ3v) is 3.52. The molecule has 0 aliphatic carbocycles. The molecule has 0 bridgehead atoms. The SMILES string of the molecule is CCCS(=O)(=O)Nc1ccc(F)cc1C#CCN. The van der Waals surface area contributed by atoms with Crippen LogP contribution in [-0.4, -0.2) is 20.7 Å². The molecule has 0 atom stereocenters. The molecule has 0 saturated heterocycles. The molecule has 6 heteroatoms. The third-order valence-electron chi connectivity index (χ3n) is 2.05. The molecule has 0 aliphatic heterocycles. The first kappa shape index (κ1) is 14.5. The van der Waals surface area contributed by atoms with Crippen molar-refractivity contribution in [3.05, 3.63) is 29.6 Å². The van der Waals surface area contributed by atoms with Crippen LogP contribution >= 0.6 is 0 Å². The minimum absolute atomic E-state index is 0.00807. The Bertz CT molecular complexity index is 573. The highest BCUT2D eigenvalue weighted by molar-refractivity contribution is 7.92. The van der Waals surface area contributed by atoms with Crippen LogP contribution in [0.25, 0.3) is 0 Å². The van der Waals surface area contributed by atoms with Crippen LogP contribution in [0.3, 0.4) is 0 Å². The second-order valence-corrected chi connectivity index (χ2v) is 5.46. The van der Waals surface area contributed by atoms with Crippen LogP contribution < -0.4 is 10.5 Å². The summed E-state index contributed by atoms with van der Waals surface area (Å²) in [6.07, 6.45) is 0.500. The zero-order valence-electron chi connectivity index (χ0n) is 10.0. The summed E-state index contributed by atoms with van der Waals surface area (Å²) in [7, 11) is -3.42. The van der Waals surface area contributed by atoms with Gasteiger partial charge in [-0.25, -0.2) is 12.8 Å². The average Bonchev–Trinajstić information content (AvgIpc) is 2.29. The van der Waals surface area contributed by atoms with Crippen LogP contribution in [0.1, 0.15) is 18.9 Å². The van der Waals surface area contributed by atoms with E-state index in [9.17, 15) is 12.8 Å². The van der Waals surface area contributed by atoms with Gasteiger partial charge in [-0.1, -0.05) is 18.8 Å². The van der Waals surface area contributed by atoms with Crippen molar-refractivity contribution in [2.75, 3.05) is 17.0 Å². The Hall–Kier alpha value is -1.58. The number of sulfonamides is 1. The van der Waals surface area contributed by atoms with Crippen LogP contribution in [0.4, 0.5) is 10.1 Å². The van der Waals surface area contributed by atoms with Gasteiger partial charge in [0.25, 0.3) is 0 Å². The smallest absolute Gasteiger partial charge is 0.232 e. The maximum Gasteiger partial charge on any atom is 0.232 e. The first-order valence-electron chi connectivity index (χ1n) is 5.47. The van der Waals surface area contributed by atoms with Crippen molar-refractivity contribution in [3.63, 3.8) is 0 Å². The van der Waals surface area contributed by atoms with Crippen molar-refractivity contribution < 1.29 is 12.8 Å². The largest absolute Gasteiger partial charge is 0.320 e. The van der Waals surface area contributed by atoms with Gasteiger partial charge in [0, 0.05) is 0 Å². The van der Waals surface area contributed by atoms with Crippen LogP contribution in [0, 0.1) is 17.7 Å². The molecule has 0 aromatic heterocycles. The Morgan fingerprint density at radius 2 is 2.17 bits per heavy atom. The van der Waals surface area contributed by atoms with Gasteiger partial charge >= 0.3 is 0 Å². The maximum atomic E-state index is 13.1. The lowest BCUT2D eigenvalue weighted by atomic mass is 10.2. The van der Waals surface area contributed by atoms with Gasteiger partial charge < -0.3 is 5.73 Å². The van der Waals surface area contributed by atoms with E-state index in [0.29, 0.717) is 6.42 Å². The van der Waals surface area contributed by atoms with E-state index < -0.39 is 15.8 Å². The Morgan fingerprint density at radius 1 is 1.44 bits per heavy atom. The first-order valence-corrected chi connectivity index (χ1v) is 7.12. The number of nitrogens with one attached hydrogen (secondary N) is 1. The Kier molecular flexibility index (Phi) is 5.13. The number of nitrogens with two attached hydrogens (primary N) is 1. The van der Waals surface area contributed by atoms with Gasteiger partial charge in [-0.2, -0.15) is 0 Å². The van der Waals surface area contributed by atoms with Crippen molar-refractivity contribution in [2.45, 2.75) is 13.3 Å². The summed E-state index contributed by atoms with van der Waals surface area (Å²) in [4.78, 5) is 0. The molecular weight excluding hydrogens is 255 g/mol. The van der Waals surface area contributed by atoms with Crippen molar-refractivity contribution in [2.24, 2.45) is 5.73 Å². The lowest BCUT2D eigenvalue weighted by Crippen LogP contribution is -2.16. The maximum absolute atomic E-state index is 13.1. The van der Waals surface area contributed by atoms with E-state index in [0.717, 1.165) is 0 Å². The molecule has 1 aromatic carbocycles. The summed E-state index contributed by atoms with van der Waals surface area (Å²) >= 11 is 0. The van der Waals surface area contributed by atoms with Gasteiger partial charge in [0.1, 0.15) is 5.82 Å². The molecule has 0 saturated carbocycles. The molecule has 3 N–H and O–H groups in total. The third kappa shape index (κ3) is 4.35. The molecule has 18 heavy (non-hydrogen) atoms. The summed E-state index contributed by atoms with van der Waals surface area (Å²) in [5.41, 5.74) is 5.78. The van der Waals surface area contributed by atoms with Crippen LogP contribution in [0.15, 0.2) is 18.2 Å². The van der Waals surface area contributed by atoms with E-state index in [1.165, 1.54) is 18.2 Å². The molecular formula is C12H15FN2O2S. The molecule has 0 aliphatic rings. The zero-order valence-corrected chi connectivity index (χ0v) is 10.8. The summed E-state index contributed by atoms with van der Waals surface area (Å²) < 4.78 is 38.7. The van der Waals surface area contributed by atoms with Crippen LogP contribution in [0.5, 0.6) is 0 Å². The van der Waals surface area contributed by atoms with Crippen molar-refractivity contribution in [3.8, 4) is 11.8 Å². The fourth-order valence-electron chi connectivity index (χ4n) is 1.34. The molecule has 98 valence electrons. The minimum Gasteiger partial charge on any atom is -0.320 e. The summed E-state index contributed by atoms with van der Waals surface area (Å²) in [5.74, 6) is 4.73. The molecule has 0 fully saturated rings. The minimum atomic E-state index is -3.42. The number of hydrogen-bond acceptors (Lipinski definition) is 3. The normalized spacial score (nSPS) is 10.6. The van der Waals surface area contributed by atoms with Gasteiger partial charge in [0.2, 0.25) is 10.0 Å². The number of hydrogen-bond donors (Lipinski definition) is 2. The second kappa shape index (κ2) is 6.38. The van der Waals surface area contributed by atoms with Gasteiger partial charge in [-0.15, -0.1) is 0 Å². The molecule has 0 amide bonds.